The zero-order valence-corrected chi connectivity index (χ0v) is 9.91. The fourth-order valence-corrected chi connectivity index (χ4v) is 1.57. The summed E-state index contributed by atoms with van der Waals surface area (Å²) >= 11 is 0. The molecular weight excluding hydrogens is 276 g/mol. The Kier molecular flexibility index (Phi) is 3.69. The molecule has 0 fully saturated rings. The third-order valence-electron chi connectivity index (χ3n) is 2.44. The summed E-state index contributed by atoms with van der Waals surface area (Å²) in [5.74, 6) is -1.96. The first-order valence-corrected chi connectivity index (χ1v) is 5.47. The molecule has 1 amide bonds. The van der Waals surface area contributed by atoms with E-state index in [1.54, 1.807) is 12.1 Å². The van der Waals surface area contributed by atoms with Gasteiger partial charge in [-0.25, -0.2) is 9.37 Å². The molecule has 1 N–H and O–H groups in total. The molecule has 0 radical (unpaired) electrons. The van der Waals surface area contributed by atoms with Crippen molar-refractivity contribution in [3.8, 4) is 0 Å². The summed E-state index contributed by atoms with van der Waals surface area (Å²) < 4.78 is 51.2. The largest absolute Gasteiger partial charge is 0.417 e. The summed E-state index contributed by atoms with van der Waals surface area (Å²) in [6.45, 7) is 0. The molecule has 0 aliphatic carbocycles. The number of carbonyl (C=O) groups excluding carboxylic acids is 1. The summed E-state index contributed by atoms with van der Waals surface area (Å²) in [5, 5.41) is 2.22. The number of aromatic nitrogens is 1. The van der Waals surface area contributed by atoms with Gasteiger partial charge in [0, 0.05) is 6.20 Å². The van der Waals surface area contributed by atoms with E-state index >= 15 is 0 Å². The van der Waals surface area contributed by atoms with Crippen LogP contribution in [0.2, 0.25) is 0 Å². The van der Waals surface area contributed by atoms with Crippen molar-refractivity contribution in [1.82, 2.24) is 4.98 Å². The first-order valence-electron chi connectivity index (χ1n) is 5.47. The molecule has 0 saturated carbocycles. The van der Waals surface area contributed by atoms with Gasteiger partial charge in [-0.2, -0.15) is 13.2 Å². The van der Waals surface area contributed by atoms with E-state index in [-0.39, 0.29) is 11.9 Å². The predicted octanol–water partition coefficient (Wildman–Crippen LogP) is 3.49. The average molecular weight is 284 g/mol. The second-order valence-electron chi connectivity index (χ2n) is 3.86. The number of pyridine rings is 1. The SMILES string of the molecule is O=C(Nc1ccccn1)c1ccc(F)cc1C(F)(F)F. The normalized spacial score (nSPS) is 11.2. The van der Waals surface area contributed by atoms with Gasteiger partial charge in [0.2, 0.25) is 0 Å². The van der Waals surface area contributed by atoms with Crippen LogP contribution < -0.4 is 5.32 Å². The molecule has 2 rings (SSSR count). The Morgan fingerprint density at radius 2 is 1.90 bits per heavy atom. The number of rotatable bonds is 2. The Morgan fingerprint density at radius 1 is 1.15 bits per heavy atom. The van der Waals surface area contributed by atoms with E-state index in [9.17, 15) is 22.4 Å². The Balaban J connectivity index is 2.35. The molecule has 1 aromatic heterocycles. The van der Waals surface area contributed by atoms with Crippen LogP contribution in [0.3, 0.4) is 0 Å². The molecule has 1 aromatic carbocycles. The highest BCUT2D eigenvalue weighted by Crippen LogP contribution is 2.32. The van der Waals surface area contributed by atoms with Crippen molar-refractivity contribution < 1.29 is 22.4 Å². The number of hydrogen-bond acceptors (Lipinski definition) is 2. The molecule has 20 heavy (non-hydrogen) atoms. The fraction of sp³-hybridized carbons (Fsp3) is 0.0769. The predicted molar refractivity (Wildman–Crippen MR) is 63.6 cm³/mol. The number of benzene rings is 1. The number of hydrogen-bond donors (Lipinski definition) is 1. The molecule has 1 heterocycles. The van der Waals surface area contributed by atoms with Gasteiger partial charge in [0.05, 0.1) is 11.1 Å². The van der Waals surface area contributed by atoms with Crippen LogP contribution in [0.1, 0.15) is 15.9 Å². The molecule has 2 aromatic rings. The van der Waals surface area contributed by atoms with Gasteiger partial charge < -0.3 is 5.32 Å². The highest BCUT2D eigenvalue weighted by Gasteiger charge is 2.35. The van der Waals surface area contributed by atoms with Crippen LogP contribution >= 0.6 is 0 Å². The van der Waals surface area contributed by atoms with Crippen molar-refractivity contribution in [2.75, 3.05) is 5.32 Å². The van der Waals surface area contributed by atoms with Crippen molar-refractivity contribution in [2.45, 2.75) is 6.18 Å². The van der Waals surface area contributed by atoms with Gasteiger partial charge >= 0.3 is 6.18 Å². The lowest BCUT2D eigenvalue weighted by atomic mass is 10.1. The van der Waals surface area contributed by atoms with E-state index in [0.717, 1.165) is 12.1 Å². The van der Waals surface area contributed by atoms with Crippen LogP contribution in [0.15, 0.2) is 42.6 Å². The van der Waals surface area contributed by atoms with E-state index in [1.807, 2.05) is 0 Å². The van der Waals surface area contributed by atoms with Crippen molar-refractivity contribution in [1.29, 1.82) is 0 Å². The number of amides is 1. The van der Waals surface area contributed by atoms with E-state index in [0.29, 0.717) is 0 Å². The monoisotopic (exact) mass is 284 g/mol. The number of carbonyl (C=O) groups is 1. The maximum atomic E-state index is 12.9. The third-order valence-corrected chi connectivity index (χ3v) is 2.44. The smallest absolute Gasteiger partial charge is 0.307 e. The average Bonchev–Trinajstić information content (AvgIpc) is 2.38. The summed E-state index contributed by atoms with van der Waals surface area (Å²) in [4.78, 5) is 15.6. The molecule has 0 aliphatic heterocycles. The quantitative estimate of drug-likeness (QED) is 0.858. The molecule has 0 unspecified atom stereocenters. The summed E-state index contributed by atoms with van der Waals surface area (Å²) in [7, 11) is 0. The lowest BCUT2D eigenvalue weighted by Gasteiger charge is -2.12. The minimum atomic E-state index is -4.82. The summed E-state index contributed by atoms with van der Waals surface area (Å²) in [6.07, 6.45) is -3.44. The maximum Gasteiger partial charge on any atom is 0.417 e. The molecule has 0 bridgehead atoms. The van der Waals surface area contributed by atoms with Crippen LogP contribution in [-0.2, 0) is 6.18 Å². The minimum Gasteiger partial charge on any atom is -0.307 e. The lowest BCUT2D eigenvalue weighted by Crippen LogP contribution is -2.19. The second-order valence-corrected chi connectivity index (χ2v) is 3.86. The van der Waals surface area contributed by atoms with Gasteiger partial charge in [0.1, 0.15) is 11.6 Å². The zero-order valence-electron chi connectivity index (χ0n) is 9.91. The topological polar surface area (TPSA) is 42.0 Å². The van der Waals surface area contributed by atoms with Crippen LogP contribution in [0.25, 0.3) is 0 Å². The summed E-state index contributed by atoms with van der Waals surface area (Å²) in [5.41, 5.74) is -1.99. The van der Waals surface area contributed by atoms with Gasteiger partial charge in [-0.3, -0.25) is 4.79 Å². The van der Waals surface area contributed by atoms with Gasteiger partial charge in [0.25, 0.3) is 5.91 Å². The van der Waals surface area contributed by atoms with Crippen LogP contribution in [0.5, 0.6) is 0 Å². The first kappa shape index (κ1) is 14.0. The second kappa shape index (κ2) is 5.28. The van der Waals surface area contributed by atoms with Crippen molar-refractivity contribution in [3.05, 3.63) is 59.5 Å². The number of nitrogens with zero attached hydrogens (tertiary/aromatic N) is 1. The van der Waals surface area contributed by atoms with Crippen LogP contribution in [-0.4, -0.2) is 10.9 Å². The minimum absolute atomic E-state index is 0.106. The van der Waals surface area contributed by atoms with Crippen molar-refractivity contribution >= 4 is 11.7 Å². The van der Waals surface area contributed by atoms with Crippen molar-refractivity contribution in [3.63, 3.8) is 0 Å². The van der Waals surface area contributed by atoms with Crippen molar-refractivity contribution in [2.24, 2.45) is 0 Å². The Bertz CT molecular complexity index is 626. The van der Waals surface area contributed by atoms with Gasteiger partial charge in [-0.15, -0.1) is 0 Å². The molecular formula is C13H8F4N2O. The fourth-order valence-electron chi connectivity index (χ4n) is 1.57. The van der Waals surface area contributed by atoms with Crippen LogP contribution in [0, 0.1) is 5.82 Å². The van der Waals surface area contributed by atoms with E-state index in [2.05, 4.69) is 10.3 Å². The lowest BCUT2D eigenvalue weighted by molar-refractivity contribution is -0.138. The highest BCUT2D eigenvalue weighted by molar-refractivity contribution is 6.04. The number of halogens is 4. The van der Waals surface area contributed by atoms with E-state index < -0.39 is 29.0 Å². The van der Waals surface area contributed by atoms with Gasteiger partial charge in [-0.05, 0) is 30.3 Å². The standard InChI is InChI=1S/C13H8F4N2O/c14-8-4-5-9(10(7-8)13(15,16)17)12(20)19-11-3-1-2-6-18-11/h1-7H,(H,18,19,20). The third kappa shape index (κ3) is 3.11. The molecule has 7 heteroatoms. The van der Waals surface area contributed by atoms with Crippen LogP contribution in [0.4, 0.5) is 23.4 Å². The molecule has 0 atom stereocenters. The highest BCUT2D eigenvalue weighted by atomic mass is 19.4. The Labute approximate surface area is 111 Å². The Hall–Kier alpha value is -2.44. The zero-order chi connectivity index (χ0) is 14.8. The van der Waals surface area contributed by atoms with Gasteiger partial charge in [-0.1, -0.05) is 6.07 Å². The number of alkyl halides is 3. The Morgan fingerprint density at radius 3 is 2.50 bits per heavy atom. The molecule has 3 nitrogen and oxygen atoms in total. The van der Waals surface area contributed by atoms with E-state index in [4.69, 9.17) is 0 Å². The maximum absolute atomic E-state index is 12.9. The summed E-state index contributed by atoms with van der Waals surface area (Å²) in [6, 6.07) is 6.45. The van der Waals surface area contributed by atoms with E-state index in [1.165, 1.54) is 12.3 Å². The molecule has 0 aliphatic rings. The first-order chi connectivity index (χ1) is 9.38. The molecule has 104 valence electrons. The molecule has 0 spiro atoms. The van der Waals surface area contributed by atoms with Gasteiger partial charge in [0.15, 0.2) is 0 Å². The molecule has 0 saturated heterocycles. The number of anilines is 1. The number of nitrogens with one attached hydrogen (secondary N) is 1.